The monoisotopic (exact) mass is 299 g/mol. The molecule has 1 fully saturated rings. The van der Waals surface area contributed by atoms with Crippen molar-refractivity contribution in [2.24, 2.45) is 0 Å². The smallest absolute Gasteiger partial charge is 0.161 e. The number of nitrogens with zero attached hydrogens (tertiary/aromatic N) is 3. The molecule has 6 heteroatoms. The van der Waals surface area contributed by atoms with Gasteiger partial charge in [-0.2, -0.15) is 5.10 Å². The van der Waals surface area contributed by atoms with Crippen LogP contribution in [0.1, 0.15) is 25.5 Å². The predicted octanol–water partition coefficient (Wildman–Crippen LogP) is 3.03. The van der Waals surface area contributed by atoms with Gasteiger partial charge < -0.3 is 4.74 Å². The fourth-order valence-electron chi connectivity index (χ4n) is 2.06. The average molecular weight is 300 g/mol. The standard InChI is InChI=1S/C11H11BrFN3O/c12-10-8(13)5-7-6-14-16(11(7)15-10)9-3-1-2-4-17-9/h5-6,9H,1-4H2. The van der Waals surface area contributed by atoms with Gasteiger partial charge in [-0.05, 0) is 41.3 Å². The van der Waals surface area contributed by atoms with Crippen LogP contribution in [0, 0.1) is 5.82 Å². The van der Waals surface area contributed by atoms with E-state index in [2.05, 4.69) is 26.0 Å². The number of hydrogen-bond donors (Lipinski definition) is 0. The Morgan fingerprint density at radius 1 is 1.47 bits per heavy atom. The maximum absolute atomic E-state index is 13.3. The van der Waals surface area contributed by atoms with Crippen molar-refractivity contribution in [1.82, 2.24) is 14.8 Å². The van der Waals surface area contributed by atoms with Crippen LogP contribution in [0.5, 0.6) is 0 Å². The molecule has 3 rings (SSSR count). The third kappa shape index (κ3) is 1.95. The third-order valence-corrected chi connectivity index (χ3v) is 3.46. The first-order chi connectivity index (χ1) is 8.25. The van der Waals surface area contributed by atoms with Crippen LogP contribution in [0.25, 0.3) is 11.0 Å². The van der Waals surface area contributed by atoms with Gasteiger partial charge in [-0.1, -0.05) is 0 Å². The Morgan fingerprint density at radius 2 is 2.35 bits per heavy atom. The molecule has 90 valence electrons. The van der Waals surface area contributed by atoms with Crippen molar-refractivity contribution in [3.8, 4) is 0 Å². The Morgan fingerprint density at radius 3 is 3.12 bits per heavy atom. The van der Waals surface area contributed by atoms with E-state index in [9.17, 15) is 4.39 Å². The number of pyridine rings is 1. The number of fused-ring (bicyclic) bond motifs is 1. The van der Waals surface area contributed by atoms with E-state index in [1.54, 1.807) is 10.9 Å². The van der Waals surface area contributed by atoms with E-state index in [0.29, 0.717) is 11.0 Å². The summed E-state index contributed by atoms with van der Waals surface area (Å²) in [4.78, 5) is 4.17. The van der Waals surface area contributed by atoms with Crippen molar-refractivity contribution < 1.29 is 9.13 Å². The van der Waals surface area contributed by atoms with Crippen molar-refractivity contribution in [3.63, 3.8) is 0 Å². The van der Waals surface area contributed by atoms with Gasteiger partial charge in [-0.3, -0.25) is 0 Å². The predicted molar refractivity (Wildman–Crippen MR) is 64.0 cm³/mol. The molecule has 2 aromatic heterocycles. The molecule has 1 saturated heterocycles. The van der Waals surface area contributed by atoms with Crippen LogP contribution in [0.3, 0.4) is 0 Å². The number of rotatable bonds is 1. The van der Waals surface area contributed by atoms with Gasteiger partial charge in [-0.15, -0.1) is 0 Å². The highest BCUT2D eigenvalue weighted by molar-refractivity contribution is 9.10. The Labute approximate surface area is 106 Å². The van der Waals surface area contributed by atoms with E-state index in [1.807, 2.05) is 0 Å². The molecule has 1 aliphatic heterocycles. The Balaban J connectivity index is 2.07. The molecule has 0 bridgehead atoms. The minimum atomic E-state index is -0.374. The van der Waals surface area contributed by atoms with Gasteiger partial charge in [0.25, 0.3) is 0 Å². The molecule has 0 aromatic carbocycles. The van der Waals surface area contributed by atoms with Crippen molar-refractivity contribution >= 4 is 27.0 Å². The normalized spacial score (nSPS) is 20.9. The van der Waals surface area contributed by atoms with Gasteiger partial charge in [0.1, 0.15) is 4.60 Å². The maximum atomic E-state index is 13.3. The molecule has 1 atom stereocenters. The minimum absolute atomic E-state index is 0.0777. The van der Waals surface area contributed by atoms with Crippen molar-refractivity contribution in [1.29, 1.82) is 0 Å². The first-order valence-electron chi connectivity index (χ1n) is 5.56. The van der Waals surface area contributed by atoms with Crippen molar-refractivity contribution in [3.05, 3.63) is 22.7 Å². The van der Waals surface area contributed by atoms with Gasteiger partial charge in [0.15, 0.2) is 17.7 Å². The maximum Gasteiger partial charge on any atom is 0.161 e. The molecular formula is C11H11BrFN3O. The summed E-state index contributed by atoms with van der Waals surface area (Å²) in [5, 5.41) is 4.94. The fourth-order valence-corrected chi connectivity index (χ4v) is 2.34. The highest BCUT2D eigenvalue weighted by atomic mass is 79.9. The molecular weight excluding hydrogens is 289 g/mol. The minimum Gasteiger partial charge on any atom is -0.356 e. The number of halogens is 2. The Hall–Kier alpha value is -1.01. The van der Waals surface area contributed by atoms with Crippen molar-refractivity contribution in [2.75, 3.05) is 6.61 Å². The fraction of sp³-hybridized carbons (Fsp3) is 0.455. The summed E-state index contributed by atoms with van der Waals surface area (Å²) in [5.74, 6) is -0.374. The van der Waals surface area contributed by atoms with E-state index in [0.717, 1.165) is 25.9 Å². The van der Waals surface area contributed by atoms with Gasteiger partial charge in [0.05, 0.1) is 6.20 Å². The second-order valence-electron chi connectivity index (χ2n) is 4.08. The molecule has 0 N–H and O–H groups in total. The lowest BCUT2D eigenvalue weighted by Crippen LogP contribution is -2.19. The van der Waals surface area contributed by atoms with E-state index in [4.69, 9.17) is 4.74 Å². The van der Waals surface area contributed by atoms with E-state index in [1.165, 1.54) is 6.07 Å². The largest absolute Gasteiger partial charge is 0.356 e. The summed E-state index contributed by atoms with van der Waals surface area (Å²) in [7, 11) is 0. The van der Waals surface area contributed by atoms with E-state index >= 15 is 0 Å². The zero-order valence-electron chi connectivity index (χ0n) is 9.07. The molecule has 1 aliphatic rings. The molecule has 0 aliphatic carbocycles. The molecule has 2 aromatic rings. The second-order valence-corrected chi connectivity index (χ2v) is 4.84. The molecule has 4 nitrogen and oxygen atoms in total. The zero-order valence-corrected chi connectivity index (χ0v) is 10.7. The third-order valence-electron chi connectivity index (χ3n) is 2.91. The van der Waals surface area contributed by atoms with Crippen LogP contribution >= 0.6 is 15.9 Å². The molecule has 0 saturated carbocycles. The zero-order chi connectivity index (χ0) is 11.8. The summed E-state index contributed by atoms with van der Waals surface area (Å²) in [6.07, 6.45) is 4.67. The topological polar surface area (TPSA) is 39.9 Å². The molecule has 1 unspecified atom stereocenters. The van der Waals surface area contributed by atoms with Crippen LogP contribution in [0.2, 0.25) is 0 Å². The van der Waals surface area contributed by atoms with Crippen LogP contribution in [-0.4, -0.2) is 21.4 Å². The van der Waals surface area contributed by atoms with Crippen LogP contribution < -0.4 is 0 Å². The molecule has 3 heterocycles. The molecule has 0 spiro atoms. The van der Waals surface area contributed by atoms with Gasteiger partial charge >= 0.3 is 0 Å². The van der Waals surface area contributed by atoms with Crippen LogP contribution in [-0.2, 0) is 4.74 Å². The summed E-state index contributed by atoms with van der Waals surface area (Å²) in [6.45, 7) is 0.744. The lowest BCUT2D eigenvalue weighted by atomic mass is 10.2. The average Bonchev–Trinajstić information content (AvgIpc) is 2.74. The van der Waals surface area contributed by atoms with E-state index < -0.39 is 0 Å². The summed E-state index contributed by atoms with van der Waals surface area (Å²) in [6, 6.07) is 1.43. The SMILES string of the molecule is Fc1cc2cnn(C3CCCCO3)c2nc1Br. The lowest BCUT2D eigenvalue weighted by Gasteiger charge is -2.22. The Bertz CT molecular complexity index is 551. The highest BCUT2D eigenvalue weighted by Crippen LogP contribution is 2.26. The second kappa shape index (κ2) is 4.34. The van der Waals surface area contributed by atoms with Crippen LogP contribution in [0.4, 0.5) is 4.39 Å². The number of hydrogen-bond acceptors (Lipinski definition) is 3. The van der Waals surface area contributed by atoms with E-state index in [-0.39, 0.29) is 16.6 Å². The number of aromatic nitrogens is 3. The molecule has 0 radical (unpaired) electrons. The first kappa shape index (κ1) is 11.1. The number of ether oxygens (including phenoxy) is 1. The summed E-state index contributed by atoms with van der Waals surface area (Å²) < 4.78 is 20.9. The summed E-state index contributed by atoms with van der Waals surface area (Å²) in [5.41, 5.74) is 0.658. The quantitative estimate of drug-likeness (QED) is 0.760. The molecule has 0 amide bonds. The molecule has 17 heavy (non-hydrogen) atoms. The van der Waals surface area contributed by atoms with Crippen molar-refractivity contribution in [2.45, 2.75) is 25.5 Å². The lowest BCUT2D eigenvalue weighted by molar-refractivity contribution is -0.0370. The highest BCUT2D eigenvalue weighted by Gasteiger charge is 2.20. The Kier molecular flexibility index (Phi) is 2.84. The van der Waals surface area contributed by atoms with Gasteiger partial charge in [-0.25, -0.2) is 14.1 Å². The van der Waals surface area contributed by atoms with Gasteiger partial charge in [0.2, 0.25) is 0 Å². The van der Waals surface area contributed by atoms with Crippen LogP contribution in [0.15, 0.2) is 16.9 Å². The van der Waals surface area contributed by atoms with Gasteiger partial charge in [0, 0.05) is 12.0 Å². The first-order valence-corrected chi connectivity index (χ1v) is 6.36. The summed E-state index contributed by atoms with van der Waals surface area (Å²) >= 11 is 3.09.